The highest BCUT2D eigenvalue weighted by atomic mass is 16.5. The van der Waals surface area contributed by atoms with Gasteiger partial charge in [0.2, 0.25) is 11.8 Å². The Morgan fingerprint density at radius 1 is 1.12 bits per heavy atom. The summed E-state index contributed by atoms with van der Waals surface area (Å²) >= 11 is 0. The van der Waals surface area contributed by atoms with E-state index in [4.69, 9.17) is 4.74 Å². The second-order valence-corrected chi connectivity index (χ2v) is 6.83. The van der Waals surface area contributed by atoms with Crippen LogP contribution in [0.15, 0.2) is 24.3 Å². The molecule has 0 aliphatic carbocycles. The van der Waals surface area contributed by atoms with E-state index in [1.54, 1.807) is 6.07 Å². The van der Waals surface area contributed by atoms with Gasteiger partial charge in [0, 0.05) is 30.9 Å². The molecule has 1 atom stereocenters. The number of nitrogens with zero attached hydrogens (tertiary/aromatic N) is 1. The minimum atomic E-state index is -0.0807. The van der Waals surface area contributed by atoms with Gasteiger partial charge in [-0.2, -0.15) is 0 Å². The SMILES string of the molecule is O=C(CCN1CCCCC1)Nc1cccc(NC(=O)C2CCOC2)c1. The van der Waals surface area contributed by atoms with Gasteiger partial charge in [-0.15, -0.1) is 0 Å². The number of rotatable bonds is 6. The summed E-state index contributed by atoms with van der Waals surface area (Å²) in [5.41, 5.74) is 1.41. The number of amides is 2. The molecular weight excluding hydrogens is 318 g/mol. The van der Waals surface area contributed by atoms with Gasteiger partial charge in [-0.05, 0) is 50.6 Å². The Labute approximate surface area is 148 Å². The van der Waals surface area contributed by atoms with E-state index in [1.165, 1.54) is 19.3 Å². The molecular formula is C19H27N3O3. The first-order valence-corrected chi connectivity index (χ1v) is 9.21. The monoisotopic (exact) mass is 345 g/mol. The Kier molecular flexibility index (Phi) is 6.42. The van der Waals surface area contributed by atoms with Crippen molar-refractivity contribution in [3.63, 3.8) is 0 Å². The lowest BCUT2D eigenvalue weighted by molar-refractivity contribution is -0.120. The Bertz CT molecular complexity index is 593. The molecule has 0 aromatic heterocycles. The molecule has 2 amide bonds. The van der Waals surface area contributed by atoms with E-state index in [1.807, 2.05) is 18.2 Å². The molecule has 6 nitrogen and oxygen atoms in total. The number of benzene rings is 1. The lowest BCUT2D eigenvalue weighted by Gasteiger charge is -2.25. The number of carbonyl (C=O) groups excluding carboxylic acids is 2. The van der Waals surface area contributed by atoms with Crippen LogP contribution in [0.2, 0.25) is 0 Å². The molecule has 2 aliphatic heterocycles. The van der Waals surface area contributed by atoms with Gasteiger partial charge in [0.15, 0.2) is 0 Å². The van der Waals surface area contributed by atoms with Crippen molar-refractivity contribution in [2.45, 2.75) is 32.1 Å². The van der Waals surface area contributed by atoms with Crippen molar-refractivity contribution in [2.24, 2.45) is 5.92 Å². The lowest BCUT2D eigenvalue weighted by atomic mass is 10.1. The fraction of sp³-hybridized carbons (Fsp3) is 0.579. The number of nitrogens with one attached hydrogen (secondary N) is 2. The first-order chi connectivity index (χ1) is 12.2. The molecule has 2 aliphatic rings. The first-order valence-electron chi connectivity index (χ1n) is 9.21. The van der Waals surface area contributed by atoms with Crippen LogP contribution in [0, 0.1) is 5.92 Å². The molecule has 25 heavy (non-hydrogen) atoms. The maximum Gasteiger partial charge on any atom is 0.229 e. The highest BCUT2D eigenvalue weighted by Gasteiger charge is 2.23. The third-order valence-corrected chi connectivity index (χ3v) is 4.82. The van der Waals surface area contributed by atoms with Crippen molar-refractivity contribution in [1.29, 1.82) is 0 Å². The normalized spacial score (nSPS) is 21.0. The van der Waals surface area contributed by atoms with Crippen molar-refractivity contribution in [3.05, 3.63) is 24.3 Å². The highest BCUT2D eigenvalue weighted by molar-refractivity contribution is 5.95. The second kappa shape index (κ2) is 8.97. The van der Waals surface area contributed by atoms with Gasteiger partial charge in [0.25, 0.3) is 0 Å². The van der Waals surface area contributed by atoms with E-state index in [-0.39, 0.29) is 17.7 Å². The molecule has 0 bridgehead atoms. The number of hydrogen-bond donors (Lipinski definition) is 2. The summed E-state index contributed by atoms with van der Waals surface area (Å²) in [6, 6.07) is 7.30. The number of ether oxygens (including phenoxy) is 1. The van der Waals surface area contributed by atoms with Gasteiger partial charge in [-0.3, -0.25) is 9.59 Å². The number of carbonyl (C=O) groups is 2. The maximum atomic E-state index is 12.2. The van der Waals surface area contributed by atoms with Crippen LogP contribution in [0.3, 0.4) is 0 Å². The molecule has 6 heteroatoms. The minimum Gasteiger partial charge on any atom is -0.381 e. The molecule has 0 spiro atoms. The molecule has 2 saturated heterocycles. The van der Waals surface area contributed by atoms with Gasteiger partial charge in [-0.25, -0.2) is 0 Å². The average molecular weight is 345 g/mol. The summed E-state index contributed by atoms with van der Waals surface area (Å²) in [5.74, 6) is -0.0906. The predicted octanol–water partition coefficient (Wildman–Crippen LogP) is 2.48. The van der Waals surface area contributed by atoms with Crippen LogP contribution in [-0.4, -0.2) is 49.6 Å². The predicted molar refractivity (Wildman–Crippen MR) is 97.5 cm³/mol. The Hall–Kier alpha value is -1.92. The quantitative estimate of drug-likeness (QED) is 0.831. The van der Waals surface area contributed by atoms with E-state index in [9.17, 15) is 9.59 Å². The molecule has 1 aromatic rings. The summed E-state index contributed by atoms with van der Waals surface area (Å²) in [7, 11) is 0. The fourth-order valence-electron chi connectivity index (χ4n) is 3.33. The molecule has 1 unspecified atom stereocenters. The summed E-state index contributed by atoms with van der Waals surface area (Å²) in [4.78, 5) is 26.6. The molecule has 0 saturated carbocycles. The summed E-state index contributed by atoms with van der Waals surface area (Å²) in [5, 5.41) is 5.83. The van der Waals surface area contributed by atoms with E-state index in [0.717, 1.165) is 26.1 Å². The van der Waals surface area contributed by atoms with Crippen LogP contribution in [-0.2, 0) is 14.3 Å². The Morgan fingerprint density at radius 3 is 2.60 bits per heavy atom. The van der Waals surface area contributed by atoms with E-state index in [0.29, 0.717) is 31.0 Å². The van der Waals surface area contributed by atoms with Crippen LogP contribution in [0.1, 0.15) is 32.1 Å². The smallest absolute Gasteiger partial charge is 0.229 e. The van der Waals surface area contributed by atoms with E-state index < -0.39 is 0 Å². The van der Waals surface area contributed by atoms with Crippen LogP contribution >= 0.6 is 0 Å². The van der Waals surface area contributed by atoms with Crippen molar-refractivity contribution in [3.8, 4) is 0 Å². The fourth-order valence-corrected chi connectivity index (χ4v) is 3.33. The zero-order valence-corrected chi connectivity index (χ0v) is 14.6. The highest BCUT2D eigenvalue weighted by Crippen LogP contribution is 2.19. The Balaban J connectivity index is 1.47. The minimum absolute atomic E-state index is 0.0123. The molecule has 3 rings (SSSR count). The van der Waals surface area contributed by atoms with Crippen LogP contribution < -0.4 is 10.6 Å². The van der Waals surface area contributed by atoms with Gasteiger partial charge in [0.1, 0.15) is 0 Å². The molecule has 2 N–H and O–H groups in total. The average Bonchev–Trinajstić information content (AvgIpc) is 3.16. The van der Waals surface area contributed by atoms with E-state index in [2.05, 4.69) is 15.5 Å². The van der Waals surface area contributed by atoms with Crippen LogP contribution in [0.25, 0.3) is 0 Å². The number of hydrogen-bond acceptors (Lipinski definition) is 4. The van der Waals surface area contributed by atoms with Gasteiger partial charge >= 0.3 is 0 Å². The first kappa shape index (κ1) is 17.9. The molecule has 2 fully saturated rings. The third kappa shape index (κ3) is 5.54. The zero-order valence-electron chi connectivity index (χ0n) is 14.6. The van der Waals surface area contributed by atoms with E-state index >= 15 is 0 Å². The number of piperidine rings is 1. The van der Waals surface area contributed by atoms with Crippen molar-refractivity contribution in [1.82, 2.24) is 4.90 Å². The number of likely N-dealkylation sites (tertiary alicyclic amines) is 1. The molecule has 136 valence electrons. The Morgan fingerprint density at radius 2 is 1.88 bits per heavy atom. The summed E-state index contributed by atoms with van der Waals surface area (Å²) in [6.07, 6.45) is 5.02. The second-order valence-electron chi connectivity index (χ2n) is 6.83. The van der Waals surface area contributed by atoms with Gasteiger partial charge in [-0.1, -0.05) is 12.5 Å². The largest absolute Gasteiger partial charge is 0.381 e. The third-order valence-electron chi connectivity index (χ3n) is 4.82. The van der Waals surface area contributed by atoms with Crippen molar-refractivity contribution < 1.29 is 14.3 Å². The number of anilines is 2. The summed E-state index contributed by atoms with van der Waals surface area (Å²) < 4.78 is 5.25. The van der Waals surface area contributed by atoms with Gasteiger partial charge < -0.3 is 20.3 Å². The van der Waals surface area contributed by atoms with Gasteiger partial charge in [0.05, 0.1) is 12.5 Å². The maximum absolute atomic E-state index is 12.2. The van der Waals surface area contributed by atoms with Crippen LogP contribution in [0.5, 0.6) is 0 Å². The topological polar surface area (TPSA) is 70.7 Å². The van der Waals surface area contributed by atoms with Crippen molar-refractivity contribution >= 4 is 23.2 Å². The molecule has 2 heterocycles. The standard InChI is InChI=1S/C19H27N3O3/c23-18(7-11-22-9-2-1-3-10-22)20-16-5-4-6-17(13-16)21-19(24)15-8-12-25-14-15/h4-6,13,15H,1-3,7-12,14H2,(H,20,23)(H,21,24). The zero-order chi connectivity index (χ0) is 17.5. The molecule has 0 radical (unpaired) electrons. The van der Waals surface area contributed by atoms with Crippen LogP contribution in [0.4, 0.5) is 11.4 Å². The van der Waals surface area contributed by atoms with Crippen molar-refractivity contribution in [2.75, 3.05) is 43.5 Å². The molecule has 1 aromatic carbocycles. The lowest BCUT2D eigenvalue weighted by Crippen LogP contribution is -2.32. The summed E-state index contributed by atoms with van der Waals surface area (Å²) in [6.45, 7) is 4.13.